The molecule has 0 saturated carbocycles. The summed E-state index contributed by atoms with van der Waals surface area (Å²) in [4.78, 5) is 11.7. The number of hydrogen-bond donors (Lipinski definition) is 0. The highest BCUT2D eigenvalue weighted by Crippen LogP contribution is 2.19. The van der Waals surface area contributed by atoms with Crippen molar-refractivity contribution in [1.82, 2.24) is 9.78 Å². The first kappa shape index (κ1) is 10.9. The van der Waals surface area contributed by atoms with Crippen LogP contribution in [0.15, 0.2) is 45.7 Å². The molecule has 0 aliphatic carbocycles. The van der Waals surface area contributed by atoms with Gasteiger partial charge in [-0.1, -0.05) is 18.2 Å². The van der Waals surface area contributed by atoms with E-state index in [2.05, 4.69) is 21.0 Å². The maximum Gasteiger partial charge on any atom is 0.272 e. The molecule has 1 aromatic heterocycles. The van der Waals surface area contributed by atoms with Crippen molar-refractivity contribution in [2.24, 2.45) is 0 Å². The van der Waals surface area contributed by atoms with Gasteiger partial charge >= 0.3 is 0 Å². The number of ether oxygens (including phenoxy) is 1. The van der Waals surface area contributed by atoms with E-state index in [1.165, 1.54) is 17.9 Å². The second kappa shape index (κ2) is 4.49. The van der Waals surface area contributed by atoms with Gasteiger partial charge in [0.25, 0.3) is 5.56 Å². The minimum atomic E-state index is -0.209. The van der Waals surface area contributed by atoms with Crippen LogP contribution in [0, 0.1) is 0 Å². The smallest absolute Gasteiger partial charge is 0.272 e. The van der Waals surface area contributed by atoms with Crippen LogP contribution in [0.1, 0.15) is 0 Å². The van der Waals surface area contributed by atoms with Gasteiger partial charge in [0.2, 0.25) is 5.88 Å². The van der Waals surface area contributed by atoms with Crippen LogP contribution in [0.3, 0.4) is 0 Å². The summed E-state index contributed by atoms with van der Waals surface area (Å²) in [6.07, 6.45) is 0. The number of para-hydroxylation sites is 1. The molecule has 0 spiro atoms. The summed E-state index contributed by atoms with van der Waals surface area (Å²) >= 11 is 3.21. The van der Waals surface area contributed by atoms with Crippen molar-refractivity contribution in [2.45, 2.75) is 0 Å². The van der Waals surface area contributed by atoms with Crippen LogP contribution in [-0.2, 0) is 0 Å². The topological polar surface area (TPSA) is 44.1 Å². The number of hydrogen-bond acceptors (Lipinski definition) is 3. The van der Waals surface area contributed by atoms with E-state index in [9.17, 15) is 4.79 Å². The summed E-state index contributed by atoms with van der Waals surface area (Å²) < 4.78 is 6.89. The number of methoxy groups -OCH3 is 1. The molecule has 1 aromatic carbocycles. The van der Waals surface area contributed by atoms with Crippen LogP contribution in [0.25, 0.3) is 5.69 Å². The fourth-order valence-electron chi connectivity index (χ4n) is 1.31. The van der Waals surface area contributed by atoms with E-state index in [4.69, 9.17) is 4.74 Å². The van der Waals surface area contributed by atoms with E-state index in [0.29, 0.717) is 16.0 Å². The first-order valence-corrected chi connectivity index (χ1v) is 5.41. The minimum Gasteiger partial charge on any atom is -0.479 e. The standard InChI is InChI=1S/C11H9BrN2O2/c1-16-11-9(12)7-10(15)14(13-11)8-5-3-2-4-6-8/h2-7H,1H3. The molecule has 82 valence electrons. The molecule has 16 heavy (non-hydrogen) atoms. The monoisotopic (exact) mass is 280 g/mol. The van der Waals surface area contributed by atoms with Gasteiger partial charge in [-0.25, -0.2) is 0 Å². The third-order valence-corrected chi connectivity index (χ3v) is 2.62. The van der Waals surface area contributed by atoms with Crippen molar-refractivity contribution >= 4 is 15.9 Å². The molecular formula is C11H9BrN2O2. The number of rotatable bonds is 2. The summed E-state index contributed by atoms with van der Waals surface area (Å²) in [6.45, 7) is 0. The number of halogens is 1. The summed E-state index contributed by atoms with van der Waals surface area (Å²) in [6, 6.07) is 10.6. The predicted molar refractivity (Wildman–Crippen MR) is 64.1 cm³/mol. The largest absolute Gasteiger partial charge is 0.479 e. The van der Waals surface area contributed by atoms with Crippen LogP contribution >= 0.6 is 15.9 Å². The second-order valence-electron chi connectivity index (χ2n) is 3.09. The molecule has 0 saturated heterocycles. The van der Waals surface area contributed by atoms with Crippen LogP contribution in [0.4, 0.5) is 0 Å². The molecule has 0 bridgehead atoms. The quantitative estimate of drug-likeness (QED) is 0.845. The number of benzene rings is 1. The number of aromatic nitrogens is 2. The van der Waals surface area contributed by atoms with Crippen molar-refractivity contribution in [3.8, 4) is 11.6 Å². The van der Waals surface area contributed by atoms with Gasteiger partial charge in [-0.05, 0) is 28.1 Å². The Labute approximate surface area is 101 Å². The molecule has 2 aromatic rings. The highest BCUT2D eigenvalue weighted by molar-refractivity contribution is 9.10. The van der Waals surface area contributed by atoms with Crippen LogP contribution in [0.5, 0.6) is 5.88 Å². The van der Waals surface area contributed by atoms with Gasteiger partial charge in [-0.2, -0.15) is 4.68 Å². The average Bonchev–Trinajstić information content (AvgIpc) is 2.30. The van der Waals surface area contributed by atoms with Crippen molar-refractivity contribution < 1.29 is 4.74 Å². The Morgan fingerprint density at radius 1 is 1.31 bits per heavy atom. The molecule has 0 unspecified atom stereocenters. The van der Waals surface area contributed by atoms with Gasteiger partial charge < -0.3 is 4.74 Å². The zero-order valence-electron chi connectivity index (χ0n) is 8.55. The zero-order chi connectivity index (χ0) is 11.5. The average molecular weight is 281 g/mol. The van der Waals surface area contributed by atoms with Gasteiger partial charge in [0, 0.05) is 6.07 Å². The fraction of sp³-hybridized carbons (Fsp3) is 0.0909. The van der Waals surface area contributed by atoms with Gasteiger partial charge in [0.05, 0.1) is 17.3 Å². The van der Waals surface area contributed by atoms with E-state index in [1.807, 2.05) is 30.3 Å². The normalized spacial score (nSPS) is 10.1. The predicted octanol–water partition coefficient (Wildman–Crippen LogP) is 2.00. The zero-order valence-corrected chi connectivity index (χ0v) is 10.1. The Balaban J connectivity index is 2.62. The molecule has 0 amide bonds. The molecule has 1 heterocycles. The Kier molecular flexibility index (Phi) is 3.05. The lowest BCUT2D eigenvalue weighted by molar-refractivity contribution is 0.383. The molecule has 4 nitrogen and oxygen atoms in total. The Morgan fingerprint density at radius 3 is 2.62 bits per heavy atom. The molecular weight excluding hydrogens is 272 g/mol. The number of nitrogens with zero attached hydrogens (tertiary/aromatic N) is 2. The second-order valence-corrected chi connectivity index (χ2v) is 3.94. The first-order chi connectivity index (χ1) is 7.72. The molecule has 0 radical (unpaired) electrons. The highest BCUT2D eigenvalue weighted by Gasteiger charge is 2.07. The minimum absolute atomic E-state index is 0.209. The third kappa shape index (κ3) is 1.99. The Morgan fingerprint density at radius 2 is 2.00 bits per heavy atom. The fourth-order valence-corrected chi connectivity index (χ4v) is 1.75. The lowest BCUT2D eigenvalue weighted by Gasteiger charge is -2.07. The molecule has 5 heteroatoms. The van der Waals surface area contributed by atoms with Crippen molar-refractivity contribution in [3.05, 3.63) is 51.2 Å². The van der Waals surface area contributed by atoms with Crippen molar-refractivity contribution in [1.29, 1.82) is 0 Å². The highest BCUT2D eigenvalue weighted by atomic mass is 79.9. The van der Waals surface area contributed by atoms with Crippen LogP contribution in [0.2, 0.25) is 0 Å². The van der Waals surface area contributed by atoms with Gasteiger partial charge in [-0.15, -0.1) is 5.10 Å². The van der Waals surface area contributed by atoms with Crippen LogP contribution < -0.4 is 10.3 Å². The molecule has 0 fully saturated rings. The molecule has 0 N–H and O–H groups in total. The molecule has 2 rings (SSSR count). The molecule has 0 atom stereocenters. The summed E-state index contributed by atoms with van der Waals surface area (Å²) in [5.41, 5.74) is 0.497. The van der Waals surface area contributed by atoms with Crippen molar-refractivity contribution in [2.75, 3.05) is 7.11 Å². The van der Waals surface area contributed by atoms with Gasteiger partial charge in [0.1, 0.15) is 0 Å². The van der Waals surface area contributed by atoms with Crippen molar-refractivity contribution in [3.63, 3.8) is 0 Å². The summed E-state index contributed by atoms with van der Waals surface area (Å²) in [7, 11) is 1.51. The van der Waals surface area contributed by atoms with Crippen LogP contribution in [-0.4, -0.2) is 16.9 Å². The first-order valence-electron chi connectivity index (χ1n) is 4.61. The van der Waals surface area contributed by atoms with E-state index >= 15 is 0 Å². The van der Waals surface area contributed by atoms with E-state index < -0.39 is 0 Å². The lowest BCUT2D eigenvalue weighted by Crippen LogP contribution is -2.20. The van der Waals surface area contributed by atoms with Gasteiger partial charge in [0.15, 0.2) is 0 Å². The maximum absolute atomic E-state index is 11.7. The summed E-state index contributed by atoms with van der Waals surface area (Å²) in [5, 5.41) is 4.10. The Bertz CT molecular complexity index is 552. The van der Waals surface area contributed by atoms with E-state index in [-0.39, 0.29) is 5.56 Å². The SMILES string of the molecule is COc1nn(-c2ccccc2)c(=O)cc1Br. The maximum atomic E-state index is 11.7. The van der Waals surface area contributed by atoms with E-state index in [1.54, 1.807) is 0 Å². The summed E-state index contributed by atoms with van der Waals surface area (Å²) in [5.74, 6) is 0.378. The Hall–Kier alpha value is -1.62. The molecule has 0 aliphatic heterocycles. The third-order valence-electron chi connectivity index (χ3n) is 2.05. The van der Waals surface area contributed by atoms with E-state index in [0.717, 1.165) is 0 Å². The van der Waals surface area contributed by atoms with Gasteiger partial charge in [-0.3, -0.25) is 4.79 Å². The molecule has 0 aliphatic rings. The lowest BCUT2D eigenvalue weighted by atomic mass is 10.3.